The van der Waals surface area contributed by atoms with Gasteiger partial charge in [-0.05, 0) is 23.8 Å². The number of carbonyl (C=O) groups excluding carboxylic acids is 1. The Labute approximate surface area is 100 Å². The van der Waals surface area contributed by atoms with Gasteiger partial charge in [-0.3, -0.25) is 4.79 Å². The molecule has 0 aromatic heterocycles. The molecule has 1 amide bonds. The van der Waals surface area contributed by atoms with Crippen molar-refractivity contribution in [2.24, 2.45) is 5.73 Å². The van der Waals surface area contributed by atoms with E-state index in [1.54, 1.807) is 24.3 Å². The number of amides is 1. The molecule has 0 heterocycles. The van der Waals surface area contributed by atoms with Crippen LogP contribution in [0.1, 0.15) is 5.56 Å². The van der Waals surface area contributed by atoms with Crippen LogP contribution in [-0.2, 0) is 4.79 Å². The van der Waals surface area contributed by atoms with E-state index < -0.39 is 5.91 Å². The number of hydrogen-bond acceptors (Lipinski definition) is 2. The van der Waals surface area contributed by atoms with Crippen LogP contribution in [0.2, 0.25) is 5.02 Å². The Morgan fingerprint density at radius 1 is 1.60 bits per heavy atom. The average molecular weight is 286 g/mol. The molecular weight excluding hydrogens is 279 g/mol. The number of benzene rings is 1. The van der Waals surface area contributed by atoms with Crippen LogP contribution >= 0.6 is 27.5 Å². The quantitative estimate of drug-likeness (QED) is 0.670. The Hall–Kier alpha value is -1.31. The molecule has 0 aliphatic carbocycles. The van der Waals surface area contributed by atoms with E-state index in [1.165, 1.54) is 6.08 Å². The lowest BCUT2D eigenvalue weighted by molar-refractivity contribution is -0.114. The lowest BCUT2D eigenvalue weighted by atomic mass is 10.1. The van der Waals surface area contributed by atoms with Crippen LogP contribution in [0.25, 0.3) is 6.08 Å². The summed E-state index contributed by atoms with van der Waals surface area (Å²) in [5, 5.41) is 9.21. The van der Waals surface area contributed by atoms with E-state index in [0.717, 1.165) is 0 Å². The van der Waals surface area contributed by atoms with Gasteiger partial charge in [-0.2, -0.15) is 5.26 Å². The third-order valence-corrected chi connectivity index (χ3v) is 2.57. The summed E-state index contributed by atoms with van der Waals surface area (Å²) in [5.41, 5.74) is 5.58. The summed E-state index contributed by atoms with van der Waals surface area (Å²) in [5.74, 6) is -0.751. The number of carbonyl (C=O) groups is 1. The van der Waals surface area contributed by atoms with Gasteiger partial charge in [0.15, 0.2) is 0 Å². The third-order valence-electron chi connectivity index (χ3n) is 1.65. The summed E-state index contributed by atoms with van der Waals surface area (Å²) >= 11 is 9.01. The molecule has 76 valence electrons. The van der Waals surface area contributed by atoms with Crippen LogP contribution < -0.4 is 5.73 Å². The molecule has 1 aromatic rings. The van der Waals surface area contributed by atoms with Crippen molar-refractivity contribution in [2.45, 2.75) is 0 Å². The van der Waals surface area contributed by atoms with E-state index in [1.807, 2.05) is 0 Å². The Bertz CT molecular complexity index is 477. The molecule has 15 heavy (non-hydrogen) atoms. The molecule has 0 bridgehead atoms. The first kappa shape index (κ1) is 11.8. The smallest absolute Gasteiger partial charge is 0.259 e. The standard InChI is InChI=1S/C10H6BrClN2O/c11-9-4-8(12)2-1-6(9)3-7(5-13)10(14)15/h1-4H,(H2,14,15). The number of halogens is 2. The topological polar surface area (TPSA) is 66.9 Å². The second-order valence-electron chi connectivity index (χ2n) is 2.70. The number of rotatable bonds is 2. The van der Waals surface area contributed by atoms with Crippen molar-refractivity contribution in [1.82, 2.24) is 0 Å². The third kappa shape index (κ3) is 3.08. The predicted molar refractivity (Wildman–Crippen MR) is 61.9 cm³/mol. The highest BCUT2D eigenvalue weighted by Gasteiger charge is 2.05. The second kappa shape index (κ2) is 4.96. The molecule has 3 nitrogen and oxygen atoms in total. The van der Waals surface area contributed by atoms with Gasteiger partial charge in [-0.15, -0.1) is 0 Å². The summed E-state index contributed by atoms with van der Waals surface area (Å²) < 4.78 is 0.698. The number of hydrogen-bond donors (Lipinski definition) is 1. The molecule has 0 saturated heterocycles. The molecule has 0 unspecified atom stereocenters. The Kier molecular flexibility index (Phi) is 3.89. The first-order valence-corrected chi connectivity index (χ1v) is 5.08. The van der Waals surface area contributed by atoms with Gasteiger partial charge in [0.1, 0.15) is 11.6 Å². The molecule has 0 saturated carbocycles. The fraction of sp³-hybridized carbons (Fsp3) is 0. The second-order valence-corrected chi connectivity index (χ2v) is 3.99. The van der Waals surface area contributed by atoms with Crippen LogP contribution in [-0.4, -0.2) is 5.91 Å². The molecular formula is C10H6BrClN2O. The number of primary amides is 1. The van der Waals surface area contributed by atoms with Crippen molar-refractivity contribution in [1.29, 1.82) is 5.26 Å². The summed E-state index contributed by atoms with van der Waals surface area (Å²) in [4.78, 5) is 10.8. The largest absolute Gasteiger partial charge is 0.365 e. The highest BCUT2D eigenvalue weighted by atomic mass is 79.9. The van der Waals surface area contributed by atoms with Gasteiger partial charge in [0.05, 0.1) is 0 Å². The van der Waals surface area contributed by atoms with E-state index in [-0.39, 0.29) is 5.57 Å². The normalized spacial score (nSPS) is 10.9. The van der Waals surface area contributed by atoms with E-state index in [2.05, 4.69) is 15.9 Å². The molecule has 1 rings (SSSR count). The molecule has 0 aliphatic heterocycles. The number of nitriles is 1. The maximum absolute atomic E-state index is 10.8. The summed E-state index contributed by atoms with van der Waals surface area (Å²) in [6, 6.07) is 6.74. The molecule has 0 fully saturated rings. The minimum atomic E-state index is -0.751. The maximum Gasteiger partial charge on any atom is 0.259 e. The van der Waals surface area contributed by atoms with Crippen molar-refractivity contribution >= 4 is 39.5 Å². The summed E-state index contributed by atoms with van der Waals surface area (Å²) in [7, 11) is 0. The minimum absolute atomic E-state index is 0.0991. The summed E-state index contributed by atoms with van der Waals surface area (Å²) in [6.07, 6.45) is 1.41. The fourth-order valence-corrected chi connectivity index (χ4v) is 1.73. The average Bonchev–Trinajstić information content (AvgIpc) is 2.16. The molecule has 0 atom stereocenters. The lowest BCUT2D eigenvalue weighted by Gasteiger charge is -1.99. The predicted octanol–water partition coefficient (Wildman–Crippen LogP) is 2.49. The first-order valence-electron chi connectivity index (χ1n) is 3.91. The van der Waals surface area contributed by atoms with Crippen molar-refractivity contribution in [3.8, 4) is 6.07 Å². The van der Waals surface area contributed by atoms with Crippen molar-refractivity contribution in [3.63, 3.8) is 0 Å². The van der Waals surface area contributed by atoms with Crippen molar-refractivity contribution in [2.75, 3.05) is 0 Å². The zero-order chi connectivity index (χ0) is 11.4. The van der Waals surface area contributed by atoms with Gasteiger partial charge >= 0.3 is 0 Å². The molecule has 0 radical (unpaired) electrons. The first-order chi connectivity index (χ1) is 7.04. The molecule has 2 N–H and O–H groups in total. The summed E-state index contributed by atoms with van der Waals surface area (Å²) in [6.45, 7) is 0. The van der Waals surface area contributed by atoms with Gasteiger partial charge in [0.2, 0.25) is 0 Å². The number of nitrogens with zero attached hydrogens (tertiary/aromatic N) is 1. The van der Waals surface area contributed by atoms with E-state index in [9.17, 15) is 4.79 Å². The van der Waals surface area contributed by atoms with Crippen LogP contribution in [0.3, 0.4) is 0 Å². The highest BCUT2D eigenvalue weighted by molar-refractivity contribution is 9.10. The van der Waals surface area contributed by atoms with E-state index >= 15 is 0 Å². The fourth-order valence-electron chi connectivity index (χ4n) is 0.933. The van der Waals surface area contributed by atoms with Gasteiger partial charge in [0, 0.05) is 9.50 Å². The molecule has 0 aliphatic rings. The minimum Gasteiger partial charge on any atom is -0.365 e. The molecule has 5 heteroatoms. The Morgan fingerprint density at radius 2 is 2.27 bits per heavy atom. The Balaban J connectivity index is 3.19. The van der Waals surface area contributed by atoms with Crippen LogP contribution in [0.4, 0.5) is 0 Å². The van der Waals surface area contributed by atoms with E-state index in [4.69, 9.17) is 22.6 Å². The monoisotopic (exact) mass is 284 g/mol. The maximum atomic E-state index is 10.8. The van der Waals surface area contributed by atoms with Gasteiger partial charge in [-0.1, -0.05) is 33.6 Å². The van der Waals surface area contributed by atoms with Crippen molar-refractivity contribution < 1.29 is 4.79 Å². The Morgan fingerprint density at radius 3 is 2.73 bits per heavy atom. The van der Waals surface area contributed by atoms with Crippen LogP contribution in [0, 0.1) is 11.3 Å². The van der Waals surface area contributed by atoms with Crippen LogP contribution in [0.5, 0.6) is 0 Å². The van der Waals surface area contributed by atoms with Crippen molar-refractivity contribution in [3.05, 3.63) is 38.8 Å². The highest BCUT2D eigenvalue weighted by Crippen LogP contribution is 2.23. The van der Waals surface area contributed by atoms with Crippen LogP contribution in [0.15, 0.2) is 28.2 Å². The number of nitrogens with two attached hydrogens (primary N) is 1. The lowest BCUT2D eigenvalue weighted by Crippen LogP contribution is -2.12. The zero-order valence-electron chi connectivity index (χ0n) is 7.50. The van der Waals surface area contributed by atoms with Gasteiger partial charge < -0.3 is 5.73 Å². The van der Waals surface area contributed by atoms with E-state index in [0.29, 0.717) is 15.1 Å². The van der Waals surface area contributed by atoms with Gasteiger partial charge in [0.25, 0.3) is 5.91 Å². The molecule has 0 spiro atoms. The molecule has 1 aromatic carbocycles. The SMILES string of the molecule is N#CC(=Cc1ccc(Cl)cc1Br)C(N)=O. The zero-order valence-corrected chi connectivity index (χ0v) is 9.84. The van der Waals surface area contributed by atoms with Gasteiger partial charge in [-0.25, -0.2) is 0 Å².